The van der Waals surface area contributed by atoms with Crippen LogP contribution in [0.15, 0.2) is 65.7 Å². The maximum absolute atomic E-state index is 4.44. The van der Waals surface area contributed by atoms with Crippen LogP contribution in [0.5, 0.6) is 0 Å². The van der Waals surface area contributed by atoms with E-state index in [1.807, 2.05) is 7.05 Å². The van der Waals surface area contributed by atoms with Crippen molar-refractivity contribution in [3.8, 4) is 0 Å². The van der Waals surface area contributed by atoms with Gasteiger partial charge >= 0.3 is 0 Å². The molecule has 1 aliphatic carbocycles. The first-order chi connectivity index (χ1) is 14.3. The molecular weight excluding hydrogens is 356 g/mol. The third kappa shape index (κ3) is 5.60. The second-order valence-corrected chi connectivity index (χ2v) is 8.42. The number of nitrogens with zero attached hydrogens (tertiary/aromatic N) is 2. The summed E-state index contributed by atoms with van der Waals surface area (Å²) in [6.45, 7) is 4.44. The van der Waals surface area contributed by atoms with Gasteiger partial charge in [0.05, 0.1) is 0 Å². The zero-order chi connectivity index (χ0) is 19.9. The van der Waals surface area contributed by atoms with Gasteiger partial charge < -0.3 is 15.5 Å². The van der Waals surface area contributed by atoms with E-state index in [-0.39, 0.29) is 0 Å². The van der Waals surface area contributed by atoms with E-state index in [4.69, 9.17) is 0 Å². The molecule has 29 heavy (non-hydrogen) atoms. The minimum atomic E-state index is 0.393. The molecule has 0 aromatic heterocycles. The first kappa shape index (κ1) is 20.0. The molecule has 154 valence electrons. The molecule has 0 radical (unpaired) electrons. The lowest BCUT2D eigenvalue weighted by Gasteiger charge is -2.20. The van der Waals surface area contributed by atoms with E-state index in [0.29, 0.717) is 5.92 Å². The van der Waals surface area contributed by atoms with Crippen molar-refractivity contribution in [1.29, 1.82) is 0 Å². The van der Waals surface area contributed by atoms with Crippen molar-refractivity contribution in [2.24, 2.45) is 10.9 Å². The van der Waals surface area contributed by atoms with E-state index in [1.54, 1.807) is 0 Å². The molecule has 1 heterocycles. The van der Waals surface area contributed by atoms with Crippen molar-refractivity contribution < 1.29 is 0 Å². The Morgan fingerprint density at radius 2 is 1.62 bits per heavy atom. The van der Waals surface area contributed by atoms with Crippen LogP contribution in [0.3, 0.4) is 0 Å². The largest absolute Gasteiger partial charge is 0.356 e. The van der Waals surface area contributed by atoms with Gasteiger partial charge in [-0.25, -0.2) is 0 Å². The third-order valence-electron chi connectivity index (χ3n) is 6.29. The highest BCUT2D eigenvalue weighted by atomic mass is 15.2. The van der Waals surface area contributed by atoms with Gasteiger partial charge in [0, 0.05) is 38.6 Å². The van der Waals surface area contributed by atoms with Crippen LogP contribution in [-0.4, -0.2) is 50.1 Å². The lowest BCUT2D eigenvalue weighted by atomic mass is 9.88. The van der Waals surface area contributed by atoms with Crippen LogP contribution in [-0.2, 0) is 0 Å². The van der Waals surface area contributed by atoms with E-state index < -0.39 is 0 Å². The summed E-state index contributed by atoms with van der Waals surface area (Å²) < 4.78 is 0. The molecule has 0 spiro atoms. The number of guanidine groups is 1. The minimum Gasteiger partial charge on any atom is -0.356 e. The topological polar surface area (TPSA) is 39.7 Å². The van der Waals surface area contributed by atoms with Crippen LogP contribution in [0.25, 0.3) is 0 Å². The molecule has 1 aliphatic heterocycles. The predicted molar refractivity (Wildman–Crippen MR) is 121 cm³/mol. The molecule has 2 aromatic carbocycles. The van der Waals surface area contributed by atoms with Gasteiger partial charge in [-0.3, -0.25) is 4.99 Å². The minimum absolute atomic E-state index is 0.393. The van der Waals surface area contributed by atoms with Gasteiger partial charge in [0.15, 0.2) is 5.96 Å². The number of likely N-dealkylation sites (tertiary alicyclic amines) is 1. The summed E-state index contributed by atoms with van der Waals surface area (Å²) in [4.78, 5) is 7.11. The summed E-state index contributed by atoms with van der Waals surface area (Å²) in [5.74, 6) is 2.07. The average molecular weight is 391 g/mol. The van der Waals surface area contributed by atoms with Gasteiger partial charge in [0.2, 0.25) is 0 Å². The SMILES string of the molecule is CN=C(NCCC(c1ccccc1)c1ccccc1)NCC1CCN(C2CC2)C1. The summed E-state index contributed by atoms with van der Waals surface area (Å²) in [6, 6.07) is 22.5. The molecule has 1 saturated heterocycles. The fourth-order valence-electron chi connectivity index (χ4n) is 4.49. The van der Waals surface area contributed by atoms with E-state index in [2.05, 4.69) is 81.2 Å². The Morgan fingerprint density at radius 1 is 0.966 bits per heavy atom. The highest BCUT2D eigenvalue weighted by molar-refractivity contribution is 5.79. The summed E-state index contributed by atoms with van der Waals surface area (Å²) in [7, 11) is 1.87. The quantitative estimate of drug-likeness (QED) is 0.531. The van der Waals surface area contributed by atoms with Crippen molar-refractivity contribution in [3.05, 3.63) is 71.8 Å². The van der Waals surface area contributed by atoms with Gasteiger partial charge in [-0.2, -0.15) is 0 Å². The van der Waals surface area contributed by atoms with Crippen LogP contribution >= 0.6 is 0 Å². The summed E-state index contributed by atoms with van der Waals surface area (Å²) in [6.07, 6.45) is 5.17. The molecule has 2 N–H and O–H groups in total. The Kier molecular flexibility index (Phi) is 6.83. The van der Waals surface area contributed by atoms with E-state index in [1.165, 1.54) is 43.5 Å². The average Bonchev–Trinajstić information content (AvgIpc) is 3.52. The van der Waals surface area contributed by atoms with Crippen LogP contribution in [0.4, 0.5) is 0 Å². The number of rotatable bonds is 8. The Labute approximate surface area is 175 Å². The number of aliphatic imine (C=N–C) groups is 1. The zero-order valence-corrected chi connectivity index (χ0v) is 17.6. The second kappa shape index (κ2) is 9.93. The van der Waals surface area contributed by atoms with Crippen LogP contribution in [0.2, 0.25) is 0 Å². The Bertz CT molecular complexity index is 730. The third-order valence-corrected chi connectivity index (χ3v) is 6.29. The highest BCUT2D eigenvalue weighted by Gasteiger charge is 2.34. The maximum Gasteiger partial charge on any atom is 0.190 e. The van der Waals surface area contributed by atoms with Crippen molar-refractivity contribution in [2.75, 3.05) is 33.2 Å². The van der Waals surface area contributed by atoms with Crippen molar-refractivity contribution in [2.45, 2.75) is 37.6 Å². The first-order valence-corrected chi connectivity index (χ1v) is 11.1. The normalized spacial score (nSPS) is 20.2. The van der Waals surface area contributed by atoms with Gasteiger partial charge in [-0.05, 0) is 49.3 Å². The van der Waals surface area contributed by atoms with Gasteiger partial charge in [0.1, 0.15) is 0 Å². The molecule has 0 amide bonds. The van der Waals surface area contributed by atoms with Gasteiger partial charge in [0.25, 0.3) is 0 Å². The standard InChI is InChI=1S/C25H34N4/c1-26-25(28-18-20-15-17-29(19-20)23-12-13-23)27-16-14-24(21-8-4-2-5-9-21)22-10-6-3-7-11-22/h2-11,20,23-24H,12-19H2,1H3,(H2,26,27,28). The number of hydrogen-bond donors (Lipinski definition) is 2. The molecule has 0 bridgehead atoms. The van der Waals surface area contributed by atoms with E-state index >= 15 is 0 Å². The fraction of sp³-hybridized carbons (Fsp3) is 0.480. The lowest BCUT2D eigenvalue weighted by molar-refractivity contribution is 0.314. The van der Waals surface area contributed by atoms with Crippen molar-refractivity contribution in [1.82, 2.24) is 15.5 Å². The smallest absolute Gasteiger partial charge is 0.190 e. The number of benzene rings is 2. The summed E-state index contributed by atoms with van der Waals surface area (Å²) in [5, 5.41) is 7.09. The molecule has 4 rings (SSSR count). The molecule has 2 aliphatic rings. The molecule has 1 unspecified atom stereocenters. The molecule has 4 nitrogen and oxygen atoms in total. The molecule has 4 heteroatoms. The van der Waals surface area contributed by atoms with Crippen molar-refractivity contribution >= 4 is 5.96 Å². The fourth-order valence-corrected chi connectivity index (χ4v) is 4.49. The zero-order valence-electron chi connectivity index (χ0n) is 17.6. The Hall–Kier alpha value is -2.33. The summed E-state index contributed by atoms with van der Waals surface area (Å²) >= 11 is 0. The predicted octanol–water partition coefficient (Wildman–Crippen LogP) is 3.86. The first-order valence-electron chi connectivity index (χ1n) is 11.1. The van der Waals surface area contributed by atoms with Gasteiger partial charge in [-0.1, -0.05) is 60.7 Å². The maximum atomic E-state index is 4.44. The number of nitrogens with one attached hydrogen (secondary N) is 2. The Morgan fingerprint density at radius 3 is 2.21 bits per heavy atom. The molecule has 1 saturated carbocycles. The monoisotopic (exact) mass is 390 g/mol. The Balaban J connectivity index is 1.27. The molecular formula is C25H34N4. The van der Waals surface area contributed by atoms with Crippen LogP contribution in [0, 0.1) is 5.92 Å². The molecule has 2 aromatic rings. The lowest BCUT2D eigenvalue weighted by Crippen LogP contribution is -2.41. The number of hydrogen-bond acceptors (Lipinski definition) is 2. The van der Waals surface area contributed by atoms with Gasteiger partial charge in [-0.15, -0.1) is 0 Å². The summed E-state index contributed by atoms with van der Waals surface area (Å²) in [5.41, 5.74) is 2.74. The molecule has 2 fully saturated rings. The second-order valence-electron chi connectivity index (χ2n) is 8.42. The van der Waals surface area contributed by atoms with E-state index in [0.717, 1.165) is 37.4 Å². The molecule has 1 atom stereocenters. The van der Waals surface area contributed by atoms with Crippen LogP contribution < -0.4 is 10.6 Å². The van der Waals surface area contributed by atoms with Crippen LogP contribution in [0.1, 0.15) is 42.7 Å². The highest BCUT2D eigenvalue weighted by Crippen LogP contribution is 2.31. The van der Waals surface area contributed by atoms with E-state index in [9.17, 15) is 0 Å². The van der Waals surface area contributed by atoms with Crippen molar-refractivity contribution in [3.63, 3.8) is 0 Å².